The molecule has 0 aromatic heterocycles. The molecule has 2 saturated heterocycles. The quantitative estimate of drug-likeness (QED) is 0.791. The minimum absolute atomic E-state index is 0.109. The van der Waals surface area contributed by atoms with Crippen LogP contribution in [-0.2, 0) is 4.74 Å². The summed E-state index contributed by atoms with van der Waals surface area (Å²) >= 11 is 0. The number of amides is 1. The van der Waals surface area contributed by atoms with Gasteiger partial charge in [0.05, 0.1) is 6.61 Å². The summed E-state index contributed by atoms with van der Waals surface area (Å²) in [6.45, 7) is 6.71. The van der Waals surface area contributed by atoms with Crippen molar-refractivity contribution in [2.75, 3.05) is 39.8 Å². The molecule has 4 rings (SSSR count). The number of hydrogen-bond donors (Lipinski definition) is 0. The molecule has 1 spiro atoms. The van der Waals surface area contributed by atoms with E-state index in [1.54, 1.807) is 0 Å². The van der Waals surface area contributed by atoms with E-state index in [0.717, 1.165) is 31.2 Å². The van der Waals surface area contributed by atoms with E-state index in [9.17, 15) is 4.79 Å². The monoisotopic (exact) mass is 335 g/mol. The van der Waals surface area contributed by atoms with Crippen LogP contribution in [0.4, 0.5) is 4.79 Å². The highest BCUT2D eigenvalue weighted by Gasteiger charge is 2.51. The average molecular weight is 335 g/mol. The van der Waals surface area contributed by atoms with Crippen molar-refractivity contribution >= 4 is 6.09 Å². The number of piperidine rings is 1. The first-order chi connectivity index (χ1) is 11.6. The van der Waals surface area contributed by atoms with Crippen molar-refractivity contribution in [2.45, 2.75) is 70.0 Å². The summed E-state index contributed by atoms with van der Waals surface area (Å²) in [5.41, 5.74) is 0.402. The number of nitrogens with zero attached hydrogens (tertiary/aromatic N) is 3. The summed E-state index contributed by atoms with van der Waals surface area (Å²) in [7, 11) is 2.33. The molecule has 5 nitrogen and oxygen atoms in total. The minimum Gasteiger partial charge on any atom is -0.450 e. The summed E-state index contributed by atoms with van der Waals surface area (Å²) in [5, 5.41) is 0. The van der Waals surface area contributed by atoms with E-state index >= 15 is 0 Å². The van der Waals surface area contributed by atoms with Crippen LogP contribution in [-0.4, -0.2) is 78.8 Å². The van der Waals surface area contributed by atoms with Gasteiger partial charge < -0.3 is 19.4 Å². The van der Waals surface area contributed by atoms with E-state index < -0.39 is 0 Å². The standard InChI is InChI=1S/C19H33N3O2/c1-3-24-18(23)22-11-8-19(14-22)12-17(13-19)21-9-6-16(7-10-21)20(2)15-4-5-15/h15-17H,3-14H2,1-2H3. The summed E-state index contributed by atoms with van der Waals surface area (Å²) < 4.78 is 5.16. The molecule has 0 unspecified atom stereocenters. The van der Waals surface area contributed by atoms with Crippen LogP contribution in [0.1, 0.15) is 51.9 Å². The molecule has 0 bridgehead atoms. The Morgan fingerprint density at radius 2 is 1.79 bits per heavy atom. The van der Waals surface area contributed by atoms with Crippen molar-refractivity contribution < 1.29 is 9.53 Å². The topological polar surface area (TPSA) is 36.0 Å². The highest BCUT2D eigenvalue weighted by Crippen LogP contribution is 2.50. The lowest BCUT2D eigenvalue weighted by molar-refractivity contribution is -0.0144. The van der Waals surface area contributed by atoms with Gasteiger partial charge in [0.1, 0.15) is 0 Å². The second-order valence-electron chi connectivity index (χ2n) is 8.60. The van der Waals surface area contributed by atoms with Crippen molar-refractivity contribution in [3.63, 3.8) is 0 Å². The van der Waals surface area contributed by atoms with Crippen molar-refractivity contribution in [3.8, 4) is 0 Å². The van der Waals surface area contributed by atoms with Gasteiger partial charge in [-0.1, -0.05) is 0 Å². The molecule has 5 heteroatoms. The van der Waals surface area contributed by atoms with Crippen LogP contribution in [0, 0.1) is 5.41 Å². The summed E-state index contributed by atoms with van der Waals surface area (Å²) in [5.74, 6) is 0. The number of hydrogen-bond acceptors (Lipinski definition) is 4. The first-order valence-electron chi connectivity index (χ1n) is 9.98. The molecule has 2 saturated carbocycles. The van der Waals surface area contributed by atoms with Gasteiger partial charge in [0.2, 0.25) is 0 Å². The smallest absolute Gasteiger partial charge is 0.409 e. The third-order valence-corrected chi connectivity index (χ3v) is 7.02. The van der Waals surface area contributed by atoms with E-state index in [0.29, 0.717) is 12.0 Å². The van der Waals surface area contributed by atoms with Crippen LogP contribution in [0.25, 0.3) is 0 Å². The van der Waals surface area contributed by atoms with E-state index in [1.165, 1.54) is 58.0 Å². The molecule has 0 aromatic carbocycles. The van der Waals surface area contributed by atoms with Crippen molar-refractivity contribution in [2.24, 2.45) is 5.41 Å². The maximum absolute atomic E-state index is 11.9. The van der Waals surface area contributed by atoms with Gasteiger partial charge in [0.25, 0.3) is 0 Å². The van der Waals surface area contributed by atoms with Gasteiger partial charge in [-0.15, -0.1) is 0 Å². The lowest BCUT2D eigenvalue weighted by atomic mass is 9.64. The molecule has 2 heterocycles. The molecule has 0 aromatic rings. The van der Waals surface area contributed by atoms with Gasteiger partial charge >= 0.3 is 6.09 Å². The van der Waals surface area contributed by atoms with E-state index in [-0.39, 0.29) is 6.09 Å². The first kappa shape index (κ1) is 16.6. The van der Waals surface area contributed by atoms with Crippen LogP contribution in [0.3, 0.4) is 0 Å². The Bertz CT molecular complexity index is 465. The minimum atomic E-state index is -0.109. The lowest BCUT2D eigenvalue weighted by Gasteiger charge is -2.52. The van der Waals surface area contributed by atoms with E-state index in [2.05, 4.69) is 16.8 Å². The van der Waals surface area contributed by atoms with Crippen LogP contribution in [0.5, 0.6) is 0 Å². The maximum atomic E-state index is 11.9. The first-order valence-corrected chi connectivity index (χ1v) is 9.98. The Morgan fingerprint density at radius 3 is 2.42 bits per heavy atom. The molecule has 0 radical (unpaired) electrons. The Balaban J connectivity index is 1.21. The molecule has 4 fully saturated rings. The van der Waals surface area contributed by atoms with Crippen molar-refractivity contribution in [1.29, 1.82) is 0 Å². The molecular weight excluding hydrogens is 302 g/mol. The van der Waals surface area contributed by atoms with Gasteiger partial charge in [-0.2, -0.15) is 0 Å². The number of rotatable bonds is 4. The van der Waals surface area contributed by atoms with Gasteiger partial charge in [0, 0.05) is 31.2 Å². The van der Waals surface area contributed by atoms with Gasteiger partial charge in [-0.3, -0.25) is 0 Å². The molecule has 0 atom stereocenters. The normalized spacial score (nSPS) is 34.8. The van der Waals surface area contributed by atoms with Crippen LogP contribution in [0.2, 0.25) is 0 Å². The molecule has 24 heavy (non-hydrogen) atoms. The third-order valence-electron chi connectivity index (χ3n) is 7.02. The number of carbonyl (C=O) groups excluding carboxylic acids is 1. The average Bonchev–Trinajstić information content (AvgIpc) is 3.31. The molecule has 136 valence electrons. The predicted octanol–water partition coefficient (Wildman–Crippen LogP) is 2.56. The number of carbonyl (C=O) groups is 1. The summed E-state index contributed by atoms with van der Waals surface area (Å²) in [6, 6.07) is 2.47. The highest BCUT2D eigenvalue weighted by atomic mass is 16.6. The summed E-state index contributed by atoms with van der Waals surface area (Å²) in [6.07, 6.45) is 9.14. The highest BCUT2D eigenvalue weighted by molar-refractivity contribution is 5.68. The van der Waals surface area contributed by atoms with Gasteiger partial charge in [0.15, 0.2) is 0 Å². The molecule has 2 aliphatic heterocycles. The molecular formula is C19H33N3O2. The molecule has 4 aliphatic rings. The zero-order valence-electron chi connectivity index (χ0n) is 15.4. The molecule has 0 N–H and O–H groups in total. The van der Waals surface area contributed by atoms with E-state index in [4.69, 9.17) is 4.74 Å². The van der Waals surface area contributed by atoms with Crippen LogP contribution >= 0.6 is 0 Å². The van der Waals surface area contributed by atoms with E-state index in [1.807, 2.05) is 11.8 Å². The van der Waals surface area contributed by atoms with Crippen LogP contribution in [0.15, 0.2) is 0 Å². The number of likely N-dealkylation sites (tertiary alicyclic amines) is 2. The fourth-order valence-electron chi connectivity index (χ4n) is 5.28. The Labute approximate surface area is 146 Å². The molecule has 2 aliphatic carbocycles. The predicted molar refractivity (Wildman–Crippen MR) is 94.0 cm³/mol. The second kappa shape index (κ2) is 6.49. The Hall–Kier alpha value is -0.810. The number of ether oxygens (including phenoxy) is 1. The van der Waals surface area contributed by atoms with Crippen molar-refractivity contribution in [3.05, 3.63) is 0 Å². The largest absolute Gasteiger partial charge is 0.450 e. The molecule has 1 amide bonds. The van der Waals surface area contributed by atoms with Crippen LogP contribution < -0.4 is 0 Å². The second-order valence-corrected chi connectivity index (χ2v) is 8.60. The summed E-state index contributed by atoms with van der Waals surface area (Å²) in [4.78, 5) is 19.2. The van der Waals surface area contributed by atoms with Crippen molar-refractivity contribution in [1.82, 2.24) is 14.7 Å². The zero-order valence-corrected chi connectivity index (χ0v) is 15.4. The Kier molecular flexibility index (Phi) is 4.50. The fourth-order valence-corrected chi connectivity index (χ4v) is 5.28. The van der Waals surface area contributed by atoms with Gasteiger partial charge in [-0.05, 0) is 77.4 Å². The SMILES string of the molecule is CCOC(=O)N1CCC2(CC(N3CCC(N(C)C4CC4)CC3)C2)C1. The lowest BCUT2D eigenvalue weighted by Crippen LogP contribution is -2.55. The fraction of sp³-hybridized carbons (Fsp3) is 0.947. The Morgan fingerprint density at radius 1 is 1.12 bits per heavy atom. The maximum Gasteiger partial charge on any atom is 0.409 e. The zero-order chi connectivity index (χ0) is 16.7. The van der Waals surface area contributed by atoms with Gasteiger partial charge in [-0.25, -0.2) is 4.79 Å². The third kappa shape index (κ3) is 3.17.